The summed E-state index contributed by atoms with van der Waals surface area (Å²) in [4.78, 5) is 57.7. The van der Waals surface area contributed by atoms with Crippen LogP contribution in [0.4, 0.5) is 0 Å². The SMILES string of the molecule is COc1c(Oc2cc(O)c(C)c(O)c2C(=O)CCc2ccc(O)cc2)c(O)cc(Oc2c(O)c(C)c(Oc3c(O)c(C)c(O)c(C(=O)CCc4ccc(O)cc4)c3O)c(C(=O)CCc3ccc(O)cc3)c2OC)c1C(=O)CCc1ccc(O)cc1. The van der Waals surface area contributed by atoms with E-state index in [2.05, 4.69) is 0 Å². The molecular weight excluding hydrogens is 1100 g/mol. The molecule has 0 bridgehead atoms. The number of hydrogen-bond donors (Lipinski definition) is 11. The van der Waals surface area contributed by atoms with E-state index in [-0.39, 0.29) is 91.1 Å². The van der Waals surface area contributed by atoms with Crippen LogP contribution in [0.25, 0.3) is 0 Å². The third kappa shape index (κ3) is 13.0. The summed E-state index contributed by atoms with van der Waals surface area (Å²) in [5.41, 5.74) is -0.286. The summed E-state index contributed by atoms with van der Waals surface area (Å²) < 4.78 is 30.5. The van der Waals surface area contributed by atoms with Crippen LogP contribution in [0.15, 0.2) is 109 Å². The van der Waals surface area contributed by atoms with Gasteiger partial charge in [0.15, 0.2) is 57.6 Å². The number of hydrogen-bond acceptors (Lipinski definition) is 20. The van der Waals surface area contributed by atoms with Crippen molar-refractivity contribution in [1.29, 1.82) is 0 Å². The second kappa shape index (κ2) is 25.6. The molecule has 8 aromatic rings. The number of ether oxygens (including phenoxy) is 5. The summed E-state index contributed by atoms with van der Waals surface area (Å²) in [6.07, 6.45) is -0.869. The Morgan fingerprint density at radius 2 is 0.659 bits per heavy atom. The van der Waals surface area contributed by atoms with Crippen molar-refractivity contribution < 1.29 is 99.0 Å². The summed E-state index contributed by atoms with van der Waals surface area (Å²) in [5, 5.41) is 121. The molecule has 0 aliphatic carbocycles. The number of rotatable bonds is 24. The number of phenols is 11. The first-order valence-electron chi connectivity index (χ1n) is 26.5. The van der Waals surface area contributed by atoms with Gasteiger partial charge in [-0.15, -0.1) is 0 Å². The Hall–Kier alpha value is -10.8. The molecule has 0 atom stereocenters. The van der Waals surface area contributed by atoms with Gasteiger partial charge >= 0.3 is 0 Å². The van der Waals surface area contributed by atoms with Crippen LogP contribution < -0.4 is 23.7 Å². The minimum Gasteiger partial charge on any atom is -0.508 e. The predicted octanol–water partition coefficient (Wildman–Crippen LogP) is 12.0. The first-order valence-corrected chi connectivity index (χ1v) is 26.5. The van der Waals surface area contributed by atoms with Crippen molar-refractivity contribution in [2.45, 2.75) is 72.1 Å². The maximum Gasteiger partial charge on any atom is 0.212 e. The number of Topliss-reactive ketones (excluding diaryl/α,β-unsaturated/α-hetero) is 4. The standard InChI is InChI=1S/C65H60O20/c1-32-47(74)30-49(51(55(32)76)43(70)26-14-35-6-18-39(66)19-7-35)83-61-48(75)31-50(52(62(61)81-4)44(71)27-15-36-8-20-40(67)21-9-36)84-65-58(79)34(3)60(54(63(65)82-5)46(73)29-17-38-12-24-42(69)25-13-38)85-64-57(78)33(2)56(77)53(59(64)80)45(72)28-16-37-10-22-41(68)23-11-37/h6-13,18-25,30-31,66-69,74-80H,14-17,26-29H2,1-5H3. The highest BCUT2D eigenvalue weighted by Gasteiger charge is 2.36. The summed E-state index contributed by atoms with van der Waals surface area (Å²) in [7, 11) is 2.20. The van der Waals surface area contributed by atoms with E-state index in [4.69, 9.17) is 23.7 Å². The van der Waals surface area contributed by atoms with Crippen LogP contribution in [0.3, 0.4) is 0 Å². The van der Waals surface area contributed by atoms with Gasteiger partial charge in [0.05, 0.1) is 14.2 Å². The fourth-order valence-corrected chi connectivity index (χ4v) is 9.45. The van der Waals surface area contributed by atoms with E-state index < -0.39 is 132 Å². The van der Waals surface area contributed by atoms with Crippen LogP contribution >= 0.6 is 0 Å². The van der Waals surface area contributed by atoms with Gasteiger partial charge in [-0.1, -0.05) is 48.5 Å². The molecule has 11 N–H and O–H groups in total. The average molecular weight is 1160 g/mol. The smallest absolute Gasteiger partial charge is 0.212 e. The highest BCUT2D eigenvalue weighted by atomic mass is 16.5. The lowest BCUT2D eigenvalue weighted by atomic mass is 9.96. The second-order valence-electron chi connectivity index (χ2n) is 20.0. The van der Waals surface area contributed by atoms with Crippen molar-refractivity contribution in [2.75, 3.05) is 14.2 Å². The molecule has 0 saturated carbocycles. The Labute approximate surface area is 486 Å². The molecule has 0 radical (unpaired) electrons. The number of aryl methyl sites for hydroxylation is 4. The van der Waals surface area contributed by atoms with E-state index in [0.717, 1.165) is 26.4 Å². The number of phenolic OH excluding ortho intramolecular Hbond substituents is 11. The minimum atomic E-state index is -1.04. The quantitative estimate of drug-likeness (QED) is 0.0250. The number of carbonyl (C=O) groups excluding carboxylic acids is 4. The third-order valence-corrected chi connectivity index (χ3v) is 14.3. The van der Waals surface area contributed by atoms with Crippen molar-refractivity contribution in [2.24, 2.45) is 0 Å². The molecule has 20 heteroatoms. The lowest BCUT2D eigenvalue weighted by Gasteiger charge is -2.24. The molecule has 0 unspecified atom stereocenters. The zero-order chi connectivity index (χ0) is 61.6. The van der Waals surface area contributed by atoms with Gasteiger partial charge in [0, 0.05) is 54.5 Å². The molecule has 0 aliphatic rings. The molecule has 440 valence electrons. The minimum absolute atomic E-state index is 0.00346. The predicted molar refractivity (Wildman–Crippen MR) is 308 cm³/mol. The van der Waals surface area contributed by atoms with Crippen LogP contribution in [-0.4, -0.2) is 93.5 Å². The van der Waals surface area contributed by atoms with Crippen molar-refractivity contribution >= 4 is 23.1 Å². The second-order valence-corrected chi connectivity index (χ2v) is 20.0. The van der Waals surface area contributed by atoms with Gasteiger partial charge in [-0.2, -0.15) is 0 Å². The molecule has 0 spiro atoms. The third-order valence-electron chi connectivity index (χ3n) is 14.3. The summed E-state index contributed by atoms with van der Waals surface area (Å²) in [6, 6.07) is 25.9. The largest absolute Gasteiger partial charge is 0.508 e. The van der Waals surface area contributed by atoms with E-state index >= 15 is 0 Å². The summed E-state index contributed by atoms with van der Waals surface area (Å²) >= 11 is 0. The Kier molecular flexibility index (Phi) is 18.2. The Balaban J connectivity index is 1.27. The summed E-state index contributed by atoms with van der Waals surface area (Å²) in [5.74, 6) is -13.4. The average Bonchev–Trinajstić information content (AvgIpc) is 3.05. The van der Waals surface area contributed by atoms with Crippen molar-refractivity contribution in [1.82, 2.24) is 0 Å². The molecule has 8 rings (SSSR count). The van der Waals surface area contributed by atoms with Crippen LogP contribution in [0.2, 0.25) is 0 Å². The molecule has 0 aliphatic heterocycles. The van der Waals surface area contributed by atoms with E-state index in [1.165, 1.54) is 69.3 Å². The molecule has 0 fully saturated rings. The van der Waals surface area contributed by atoms with Gasteiger partial charge in [-0.25, -0.2) is 0 Å². The molecule has 85 heavy (non-hydrogen) atoms. The molecular formula is C65H60O20. The van der Waals surface area contributed by atoms with E-state index in [1.807, 2.05) is 0 Å². The van der Waals surface area contributed by atoms with Gasteiger partial charge in [-0.05, 0) is 117 Å². The van der Waals surface area contributed by atoms with Gasteiger partial charge in [0.2, 0.25) is 17.2 Å². The van der Waals surface area contributed by atoms with E-state index in [0.29, 0.717) is 22.3 Å². The first kappa shape index (κ1) is 60.3. The zero-order valence-corrected chi connectivity index (χ0v) is 46.6. The summed E-state index contributed by atoms with van der Waals surface area (Å²) in [6.45, 7) is 3.84. The van der Waals surface area contributed by atoms with Crippen LogP contribution in [0.5, 0.6) is 109 Å². The highest BCUT2D eigenvalue weighted by Crippen LogP contribution is 2.57. The van der Waals surface area contributed by atoms with Gasteiger partial charge in [-0.3, -0.25) is 19.2 Å². The number of ketones is 4. The molecule has 0 saturated heterocycles. The molecule has 0 amide bonds. The maximum atomic E-state index is 14.9. The van der Waals surface area contributed by atoms with Crippen molar-refractivity contribution in [3.63, 3.8) is 0 Å². The zero-order valence-electron chi connectivity index (χ0n) is 46.6. The van der Waals surface area contributed by atoms with Crippen LogP contribution in [0, 0.1) is 20.8 Å². The number of aromatic hydroxyl groups is 11. The Morgan fingerprint density at radius 1 is 0.318 bits per heavy atom. The van der Waals surface area contributed by atoms with Gasteiger partial charge in [0.25, 0.3) is 0 Å². The van der Waals surface area contributed by atoms with Gasteiger partial charge < -0.3 is 79.9 Å². The monoisotopic (exact) mass is 1160 g/mol. The van der Waals surface area contributed by atoms with Crippen LogP contribution in [-0.2, 0) is 25.7 Å². The number of benzene rings is 8. The molecule has 0 aromatic heterocycles. The highest BCUT2D eigenvalue weighted by molar-refractivity contribution is 6.06. The maximum absolute atomic E-state index is 14.9. The van der Waals surface area contributed by atoms with Gasteiger partial charge in [0.1, 0.15) is 79.7 Å². The fraction of sp³-hybridized carbons (Fsp3) is 0.200. The van der Waals surface area contributed by atoms with E-state index in [1.54, 1.807) is 48.5 Å². The Bertz CT molecular complexity index is 3870. The molecule has 8 aromatic carbocycles. The van der Waals surface area contributed by atoms with Crippen LogP contribution in [0.1, 0.15) is 106 Å². The normalized spacial score (nSPS) is 11.0. The fourth-order valence-electron chi connectivity index (χ4n) is 9.45. The van der Waals surface area contributed by atoms with E-state index in [9.17, 15) is 75.3 Å². The molecule has 0 heterocycles. The van der Waals surface area contributed by atoms with Crippen molar-refractivity contribution in [3.05, 3.63) is 170 Å². The lowest BCUT2D eigenvalue weighted by molar-refractivity contribution is 0.0965. The number of methoxy groups -OCH3 is 2. The lowest BCUT2D eigenvalue weighted by Crippen LogP contribution is -2.11. The first-order chi connectivity index (χ1) is 40.5. The number of carbonyl (C=O) groups is 4. The Morgan fingerprint density at radius 3 is 1.09 bits per heavy atom. The molecule has 20 nitrogen and oxygen atoms in total. The topological polar surface area (TPSA) is 337 Å². The van der Waals surface area contributed by atoms with Crippen molar-refractivity contribution in [3.8, 4) is 109 Å².